The van der Waals surface area contributed by atoms with E-state index in [1.165, 1.54) is 0 Å². The van der Waals surface area contributed by atoms with E-state index >= 15 is 0 Å². The molecule has 0 fully saturated rings. The molecule has 0 bridgehead atoms. The van der Waals surface area contributed by atoms with Crippen LogP contribution in [-0.4, -0.2) is 21.3 Å². The minimum absolute atomic E-state index is 0.0233. The summed E-state index contributed by atoms with van der Waals surface area (Å²) in [6.07, 6.45) is 0.403. The largest absolute Gasteiger partial charge is 0.508 e. The molecule has 128 valence electrons. The van der Waals surface area contributed by atoms with Gasteiger partial charge in [-0.1, -0.05) is 32.9 Å². The Morgan fingerprint density at radius 2 is 1.71 bits per heavy atom. The number of rotatable bonds is 4. The molecule has 0 unspecified atom stereocenters. The van der Waals surface area contributed by atoms with Gasteiger partial charge in [0, 0.05) is 12.0 Å². The Hall–Kier alpha value is -1.76. The first-order valence-electron chi connectivity index (χ1n) is 7.67. The third-order valence-corrected chi connectivity index (χ3v) is 4.67. The fourth-order valence-corrected chi connectivity index (χ4v) is 3.46. The molecule has 0 aliphatic carbocycles. The number of aliphatic carboxylic acids is 1. The molecule has 0 aromatic heterocycles. The Bertz CT molecular complexity index is 758. The topological polar surface area (TPSA) is 77.8 Å². The van der Waals surface area contributed by atoms with Crippen LogP contribution in [-0.2, 0) is 16.6 Å². The van der Waals surface area contributed by atoms with E-state index in [9.17, 15) is 15.0 Å². The molecule has 0 saturated carbocycles. The summed E-state index contributed by atoms with van der Waals surface area (Å²) in [4.78, 5) is 11.0. The smallest absolute Gasteiger partial charge is 0.303 e. The number of benzene rings is 2. The molecule has 0 radical (unpaired) electrons. The van der Waals surface area contributed by atoms with Crippen LogP contribution in [0.4, 0.5) is 0 Å². The Morgan fingerprint density at radius 1 is 1.12 bits per heavy atom. The van der Waals surface area contributed by atoms with Crippen LogP contribution in [0.3, 0.4) is 0 Å². The number of aryl methyl sites for hydroxylation is 1. The molecule has 2 aromatic carbocycles. The van der Waals surface area contributed by atoms with E-state index in [0.717, 1.165) is 22.3 Å². The molecule has 0 spiro atoms. The second-order valence-corrected chi connectivity index (χ2v) is 7.97. The van der Waals surface area contributed by atoms with Gasteiger partial charge in [-0.3, -0.25) is 4.79 Å². The predicted octanol–water partition coefficient (Wildman–Crippen LogP) is 4.68. The van der Waals surface area contributed by atoms with Crippen LogP contribution in [0, 0.1) is 3.57 Å². The van der Waals surface area contributed by atoms with Gasteiger partial charge in [-0.25, -0.2) is 0 Å². The monoisotopic (exact) mass is 440 g/mol. The highest BCUT2D eigenvalue weighted by Crippen LogP contribution is 2.44. The minimum atomic E-state index is -0.855. The summed E-state index contributed by atoms with van der Waals surface area (Å²) in [5.41, 5.74) is 3.05. The van der Waals surface area contributed by atoms with Gasteiger partial charge < -0.3 is 15.3 Å². The standard InChI is InChI=1S/C19H21IO4/c1-19(2,3)17-16(11-4-7-13(21)8-5-11)12(6-9-15(22)23)10-14(20)18(17)24/h4-5,7-8,10,21,24H,6,9H2,1-3H3,(H,22,23). The molecule has 0 atom stereocenters. The lowest BCUT2D eigenvalue weighted by Crippen LogP contribution is -2.15. The van der Waals surface area contributed by atoms with Crippen molar-refractivity contribution in [3.8, 4) is 22.6 Å². The number of aromatic hydroxyl groups is 2. The predicted molar refractivity (Wildman–Crippen MR) is 103 cm³/mol. The van der Waals surface area contributed by atoms with Gasteiger partial charge in [-0.05, 0) is 69.3 Å². The number of carbonyl (C=O) groups is 1. The number of carboxylic acid groups (broad SMARTS) is 1. The van der Waals surface area contributed by atoms with E-state index in [1.807, 2.05) is 26.8 Å². The zero-order valence-corrected chi connectivity index (χ0v) is 16.1. The summed E-state index contributed by atoms with van der Waals surface area (Å²) in [6, 6.07) is 8.61. The van der Waals surface area contributed by atoms with Crippen LogP contribution in [0.5, 0.6) is 11.5 Å². The summed E-state index contributed by atoms with van der Waals surface area (Å²) in [7, 11) is 0. The summed E-state index contributed by atoms with van der Waals surface area (Å²) < 4.78 is 0.709. The zero-order chi connectivity index (χ0) is 18.1. The summed E-state index contributed by atoms with van der Waals surface area (Å²) >= 11 is 2.08. The van der Waals surface area contributed by atoms with Crippen LogP contribution in [0.25, 0.3) is 11.1 Å². The highest BCUT2D eigenvalue weighted by molar-refractivity contribution is 14.1. The molecule has 0 amide bonds. The number of phenolic OH excluding ortho intramolecular Hbond substituents is 2. The Labute approximate surface area is 155 Å². The van der Waals surface area contributed by atoms with Crippen molar-refractivity contribution in [3.63, 3.8) is 0 Å². The van der Waals surface area contributed by atoms with Crippen molar-refractivity contribution in [2.75, 3.05) is 0 Å². The number of phenols is 2. The normalized spacial score (nSPS) is 11.5. The Kier molecular flexibility index (Phi) is 5.42. The highest BCUT2D eigenvalue weighted by Gasteiger charge is 2.27. The molecule has 3 N–H and O–H groups in total. The molecule has 24 heavy (non-hydrogen) atoms. The van der Waals surface area contributed by atoms with E-state index in [1.54, 1.807) is 24.3 Å². The molecular weight excluding hydrogens is 419 g/mol. The third kappa shape index (κ3) is 4.01. The average Bonchev–Trinajstić information content (AvgIpc) is 2.47. The van der Waals surface area contributed by atoms with Crippen molar-refractivity contribution in [1.29, 1.82) is 0 Å². The van der Waals surface area contributed by atoms with E-state index < -0.39 is 5.97 Å². The van der Waals surface area contributed by atoms with Crippen LogP contribution in [0.15, 0.2) is 30.3 Å². The lowest BCUT2D eigenvalue weighted by molar-refractivity contribution is -0.136. The maximum atomic E-state index is 11.0. The van der Waals surface area contributed by atoms with Gasteiger partial charge in [0.2, 0.25) is 0 Å². The lowest BCUT2D eigenvalue weighted by Gasteiger charge is -2.27. The number of halogens is 1. The molecule has 0 heterocycles. The van der Waals surface area contributed by atoms with Gasteiger partial charge in [0.15, 0.2) is 0 Å². The van der Waals surface area contributed by atoms with Gasteiger partial charge in [0.1, 0.15) is 11.5 Å². The van der Waals surface area contributed by atoms with Gasteiger partial charge in [0.25, 0.3) is 0 Å². The molecule has 0 saturated heterocycles. The minimum Gasteiger partial charge on any atom is -0.508 e. The van der Waals surface area contributed by atoms with Crippen molar-refractivity contribution in [2.24, 2.45) is 0 Å². The SMILES string of the molecule is CC(C)(C)c1c(O)c(I)cc(CCC(=O)O)c1-c1ccc(O)cc1. The van der Waals surface area contributed by atoms with Crippen molar-refractivity contribution in [1.82, 2.24) is 0 Å². The molecule has 0 aliphatic rings. The van der Waals surface area contributed by atoms with Crippen molar-refractivity contribution in [3.05, 3.63) is 45.0 Å². The van der Waals surface area contributed by atoms with E-state index in [-0.39, 0.29) is 23.3 Å². The van der Waals surface area contributed by atoms with Crippen LogP contribution in [0.2, 0.25) is 0 Å². The fraction of sp³-hybridized carbons (Fsp3) is 0.316. The zero-order valence-electron chi connectivity index (χ0n) is 13.9. The average molecular weight is 440 g/mol. The Balaban J connectivity index is 2.77. The summed E-state index contributed by atoms with van der Waals surface area (Å²) in [5, 5.41) is 29.2. The first kappa shape index (κ1) is 18.6. The third-order valence-electron chi connectivity index (χ3n) is 3.85. The van der Waals surface area contributed by atoms with Gasteiger partial charge in [0.05, 0.1) is 3.57 Å². The second-order valence-electron chi connectivity index (χ2n) is 6.81. The number of hydrogen-bond acceptors (Lipinski definition) is 3. The molecule has 5 heteroatoms. The van der Waals surface area contributed by atoms with Crippen LogP contribution >= 0.6 is 22.6 Å². The second kappa shape index (κ2) is 7.01. The Morgan fingerprint density at radius 3 is 2.21 bits per heavy atom. The van der Waals surface area contributed by atoms with Crippen LogP contribution < -0.4 is 0 Å². The quantitative estimate of drug-likeness (QED) is 0.604. The van der Waals surface area contributed by atoms with E-state index in [4.69, 9.17) is 5.11 Å². The number of carboxylic acids is 1. The first-order chi connectivity index (χ1) is 11.1. The summed E-state index contributed by atoms with van der Waals surface area (Å²) in [5.74, 6) is -0.463. The molecular formula is C19H21IO4. The lowest BCUT2D eigenvalue weighted by atomic mass is 9.78. The van der Waals surface area contributed by atoms with Crippen molar-refractivity contribution >= 4 is 28.6 Å². The number of hydrogen-bond donors (Lipinski definition) is 3. The summed E-state index contributed by atoms with van der Waals surface area (Å²) in [6.45, 7) is 6.05. The van der Waals surface area contributed by atoms with Crippen LogP contribution in [0.1, 0.15) is 38.3 Å². The van der Waals surface area contributed by atoms with E-state index in [2.05, 4.69) is 22.6 Å². The molecule has 2 aromatic rings. The molecule has 4 nitrogen and oxygen atoms in total. The van der Waals surface area contributed by atoms with Gasteiger partial charge in [-0.2, -0.15) is 0 Å². The van der Waals surface area contributed by atoms with Crippen molar-refractivity contribution in [2.45, 2.75) is 39.0 Å². The van der Waals surface area contributed by atoms with Gasteiger partial charge >= 0.3 is 5.97 Å². The maximum Gasteiger partial charge on any atom is 0.303 e. The van der Waals surface area contributed by atoms with Gasteiger partial charge in [-0.15, -0.1) is 0 Å². The first-order valence-corrected chi connectivity index (χ1v) is 8.75. The highest BCUT2D eigenvalue weighted by atomic mass is 127. The molecule has 2 rings (SSSR count). The fourth-order valence-electron chi connectivity index (χ4n) is 2.82. The molecule has 0 aliphatic heterocycles. The maximum absolute atomic E-state index is 11.0. The van der Waals surface area contributed by atoms with E-state index in [0.29, 0.717) is 9.99 Å². The van der Waals surface area contributed by atoms with Crippen molar-refractivity contribution < 1.29 is 20.1 Å².